The van der Waals surface area contributed by atoms with Gasteiger partial charge in [-0.2, -0.15) is 0 Å². The summed E-state index contributed by atoms with van der Waals surface area (Å²) < 4.78 is 66.3. The first-order valence-electron chi connectivity index (χ1n) is 12.2. The zero-order chi connectivity index (χ0) is 28.6. The number of aromatic nitrogens is 2. The molecule has 0 bridgehead atoms. The van der Waals surface area contributed by atoms with Gasteiger partial charge in [0.05, 0.1) is 33.8 Å². The van der Waals surface area contributed by atoms with Gasteiger partial charge in [-0.25, -0.2) is 18.2 Å². The van der Waals surface area contributed by atoms with Gasteiger partial charge in [0, 0.05) is 47.9 Å². The van der Waals surface area contributed by atoms with Crippen molar-refractivity contribution < 1.29 is 32.1 Å². The minimum absolute atomic E-state index is 0.0295. The second-order valence-electron chi connectivity index (χ2n) is 8.39. The summed E-state index contributed by atoms with van der Waals surface area (Å²) in [5.41, 5.74) is 6.50. The molecule has 2 N–H and O–H groups in total. The maximum absolute atomic E-state index is 14.9. The van der Waals surface area contributed by atoms with Gasteiger partial charge >= 0.3 is 0 Å². The summed E-state index contributed by atoms with van der Waals surface area (Å²) in [6.45, 7) is 0.334. The van der Waals surface area contributed by atoms with Gasteiger partial charge in [-0.1, -0.05) is 11.8 Å². The lowest BCUT2D eigenvalue weighted by Crippen LogP contribution is -2.14. The highest BCUT2D eigenvalue weighted by atomic mass is 32.2. The molecule has 0 saturated carbocycles. The minimum atomic E-state index is -0.746. The molecule has 0 radical (unpaired) electrons. The number of nitrogens with two attached hydrogens (primary N) is 1. The molecule has 4 aromatic rings. The van der Waals surface area contributed by atoms with E-state index in [2.05, 4.69) is 4.98 Å². The van der Waals surface area contributed by atoms with E-state index in [1.54, 1.807) is 43.2 Å². The number of halogens is 3. The quantitative estimate of drug-likeness (QED) is 0.124. The van der Waals surface area contributed by atoms with E-state index >= 15 is 0 Å². The lowest BCUT2D eigenvalue weighted by Gasteiger charge is -2.23. The summed E-state index contributed by atoms with van der Waals surface area (Å²) in [6, 6.07) is 13.6. The largest absolute Gasteiger partial charge is 0.493 e. The Labute approximate surface area is 234 Å². The predicted molar refractivity (Wildman–Crippen MR) is 148 cm³/mol. The van der Waals surface area contributed by atoms with E-state index in [9.17, 15) is 13.2 Å². The number of rotatable bonds is 13. The Morgan fingerprint density at radius 2 is 1.62 bits per heavy atom. The maximum atomic E-state index is 14.9. The van der Waals surface area contributed by atoms with Crippen LogP contribution in [0.5, 0.6) is 17.2 Å². The van der Waals surface area contributed by atoms with Crippen molar-refractivity contribution in [1.82, 2.24) is 9.55 Å². The van der Waals surface area contributed by atoms with Crippen LogP contribution in [-0.4, -0.2) is 50.8 Å². The smallest absolute Gasteiger partial charge is 0.174 e. The summed E-state index contributed by atoms with van der Waals surface area (Å²) >= 11 is 1.14. The van der Waals surface area contributed by atoms with E-state index < -0.39 is 17.5 Å². The van der Waals surface area contributed by atoms with Crippen molar-refractivity contribution in [3.05, 3.63) is 83.8 Å². The highest BCUT2D eigenvalue weighted by Crippen LogP contribution is 2.37. The molecular formula is C28H29F3N4O4S. The average Bonchev–Trinajstić information content (AvgIpc) is 3.38. The van der Waals surface area contributed by atoms with Crippen molar-refractivity contribution in [2.75, 3.05) is 46.1 Å². The molecule has 8 nitrogen and oxygen atoms in total. The summed E-state index contributed by atoms with van der Waals surface area (Å²) in [5.74, 6) is -0.136. The molecule has 0 aliphatic rings. The van der Waals surface area contributed by atoms with Crippen molar-refractivity contribution in [3.8, 4) is 22.9 Å². The highest BCUT2D eigenvalue weighted by molar-refractivity contribution is 7.98. The molecule has 0 aliphatic carbocycles. The van der Waals surface area contributed by atoms with Crippen LogP contribution < -0.4 is 24.8 Å². The lowest BCUT2D eigenvalue weighted by atomic mass is 10.2. The second kappa shape index (κ2) is 13.5. The molecule has 0 atom stereocenters. The zero-order valence-corrected chi connectivity index (χ0v) is 23.0. The molecule has 0 unspecified atom stereocenters. The molecule has 0 amide bonds. The third-order valence-corrected chi connectivity index (χ3v) is 6.95. The summed E-state index contributed by atoms with van der Waals surface area (Å²) in [7, 11) is 4.94. The van der Waals surface area contributed by atoms with Gasteiger partial charge in [-0.3, -0.25) is 4.57 Å². The first kappa shape index (κ1) is 29.1. The van der Waals surface area contributed by atoms with Crippen LogP contribution in [0.15, 0.2) is 66.0 Å². The minimum Gasteiger partial charge on any atom is -0.493 e. The number of anilines is 2. The van der Waals surface area contributed by atoms with Crippen LogP contribution in [0.1, 0.15) is 5.56 Å². The van der Waals surface area contributed by atoms with Crippen LogP contribution in [0.4, 0.5) is 24.7 Å². The molecule has 1 heterocycles. The molecule has 0 fully saturated rings. The number of thioether (sulfide) groups is 1. The fraction of sp³-hybridized carbons (Fsp3) is 0.250. The van der Waals surface area contributed by atoms with Crippen molar-refractivity contribution >= 4 is 23.3 Å². The molecule has 40 heavy (non-hydrogen) atoms. The van der Waals surface area contributed by atoms with Crippen LogP contribution in [0.25, 0.3) is 5.69 Å². The molecule has 12 heteroatoms. The van der Waals surface area contributed by atoms with Gasteiger partial charge in [-0.05, 0) is 36.4 Å². The molecule has 0 spiro atoms. The Balaban J connectivity index is 1.63. The molecule has 1 aromatic heterocycles. The number of ether oxygens (including phenoxy) is 4. The summed E-state index contributed by atoms with van der Waals surface area (Å²) in [5, 5.41) is 0.451. The number of imidazole rings is 1. The monoisotopic (exact) mass is 574 g/mol. The van der Waals surface area contributed by atoms with Crippen LogP contribution in [0.2, 0.25) is 0 Å². The lowest BCUT2D eigenvalue weighted by molar-refractivity contribution is 0.105. The van der Waals surface area contributed by atoms with Crippen LogP contribution in [0, 0.1) is 17.5 Å². The number of hydrogen-bond acceptors (Lipinski definition) is 8. The van der Waals surface area contributed by atoms with Crippen LogP contribution in [0.3, 0.4) is 0 Å². The fourth-order valence-corrected chi connectivity index (χ4v) is 4.91. The maximum Gasteiger partial charge on any atom is 0.174 e. The Hall–Kier alpha value is -3.87. The summed E-state index contributed by atoms with van der Waals surface area (Å²) in [6.07, 6.45) is 1.63. The van der Waals surface area contributed by atoms with Gasteiger partial charge in [0.15, 0.2) is 16.7 Å². The molecule has 0 saturated heterocycles. The third kappa shape index (κ3) is 6.64. The summed E-state index contributed by atoms with van der Waals surface area (Å²) in [4.78, 5) is 6.39. The molecule has 3 aromatic carbocycles. The van der Waals surface area contributed by atoms with E-state index in [0.29, 0.717) is 28.2 Å². The normalized spacial score (nSPS) is 11.0. The Morgan fingerprint density at radius 3 is 2.27 bits per heavy atom. The van der Waals surface area contributed by atoms with Gasteiger partial charge < -0.3 is 29.6 Å². The van der Waals surface area contributed by atoms with Crippen LogP contribution >= 0.6 is 11.8 Å². The number of hydrogen-bond donors (Lipinski definition) is 1. The first-order valence-corrected chi connectivity index (χ1v) is 13.2. The van der Waals surface area contributed by atoms with Crippen molar-refractivity contribution in [2.45, 2.75) is 10.9 Å². The number of benzene rings is 3. The average molecular weight is 575 g/mol. The standard InChI is InChI=1S/C28H29F3N4O4S/c1-34(20-8-9-25(36-2)26(12-20)37-3)27-15-33-28(35(27)19-6-4-18(29)5-7-19)40-16-22-23(30)13-21(14-24(22)31)39-11-10-38-17-32/h4-9,12-15H,10-11,16-17,32H2,1-3H3. The number of nitrogens with zero attached hydrogens (tertiary/aromatic N) is 3. The van der Waals surface area contributed by atoms with E-state index in [1.165, 1.54) is 12.1 Å². The number of methoxy groups -OCH3 is 2. The molecular weight excluding hydrogens is 545 g/mol. The third-order valence-electron chi connectivity index (χ3n) is 5.97. The van der Waals surface area contributed by atoms with Crippen LogP contribution in [-0.2, 0) is 10.5 Å². The van der Waals surface area contributed by atoms with Gasteiger partial charge in [0.25, 0.3) is 0 Å². The SMILES string of the molecule is COc1ccc(N(C)c2cnc(SCc3c(F)cc(OCCOCN)cc3F)n2-c2ccc(F)cc2)cc1OC. The first-order chi connectivity index (χ1) is 19.4. The van der Waals surface area contributed by atoms with Crippen molar-refractivity contribution in [2.24, 2.45) is 5.73 Å². The Kier molecular flexibility index (Phi) is 9.80. The molecule has 4 rings (SSSR count). The Morgan fingerprint density at radius 1 is 0.925 bits per heavy atom. The highest BCUT2D eigenvalue weighted by Gasteiger charge is 2.20. The molecule has 212 valence electrons. The van der Waals surface area contributed by atoms with E-state index in [0.717, 1.165) is 29.6 Å². The topological polar surface area (TPSA) is 84.0 Å². The van der Waals surface area contributed by atoms with E-state index in [-0.39, 0.29) is 37.0 Å². The second-order valence-corrected chi connectivity index (χ2v) is 9.33. The van der Waals surface area contributed by atoms with Gasteiger partial charge in [-0.15, -0.1) is 0 Å². The van der Waals surface area contributed by atoms with E-state index in [4.69, 9.17) is 24.7 Å². The van der Waals surface area contributed by atoms with Crippen molar-refractivity contribution in [1.29, 1.82) is 0 Å². The van der Waals surface area contributed by atoms with Gasteiger partial charge in [0.1, 0.15) is 35.6 Å². The zero-order valence-electron chi connectivity index (χ0n) is 22.2. The predicted octanol–water partition coefficient (Wildman–Crippen LogP) is 5.68. The van der Waals surface area contributed by atoms with Crippen molar-refractivity contribution in [3.63, 3.8) is 0 Å². The van der Waals surface area contributed by atoms with E-state index in [1.807, 2.05) is 24.1 Å². The fourth-order valence-electron chi connectivity index (χ4n) is 3.90. The molecule has 0 aliphatic heterocycles. The Bertz CT molecular complexity index is 1410. The van der Waals surface area contributed by atoms with Gasteiger partial charge in [0.2, 0.25) is 0 Å².